The Kier molecular flexibility index (Phi) is 7.91. The molecule has 0 aromatic heterocycles. The summed E-state index contributed by atoms with van der Waals surface area (Å²) in [4.78, 5) is 24.2. The number of hydrogen-bond donors (Lipinski definition) is 2. The third-order valence-electron chi connectivity index (χ3n) is 4.75. The van der Waals surface area contributed by atoms with Crippen molar-refractivity contribution < 1.29 is 28.9 Å². The molecule has 0 radical (unpaired) electrons. The van der Waals surface area contributed by atoms with Crippen molar-refractivity contribution in [1.29, 1.82) is 0 Å². The van der Waals surface area contributed by atoms with Crippen LogP contribution in [0.3, 0.4) is 0 Å². The molecule has 27 heavy (non-hydrogen) atoms. The zero-order valence-electron chi connectivity index (χ0n) is 16.1. The summed E-state index contributed by atoms with van der Waals surface area (Å²) in [6.07, 6.45) is 2.74. The molecular formula is C20H29NO6. The number of carbonyl (C=O) groups excluding carboxylic acids is 1. The number of nitrogens with one attached hydrogen (secondary N) is 1. The predicted octanol–water partition coefficient (Wildman–Crippen LogP) is 2.88. The van der Waals surface area contributed by atoms with Crippen LogP contribution in [-0.2, 0) is 9.53 Å². The van der Waals surface area contributed by atoms with Gasteiger partial charge in [-0.05, 0) is 44.4 Å². The van der Waals surface area contributed by atoms with Crippen molar-refractivity contribution in [2.75, 3.05) is 33.0 Å². The van der Waals surface area contributed by atoms with Crippen LogP contribution in [-0.4, -0.2) is 50.0 Å². The van der Waals surface area contributed by atoms with Gasteiger partial charge in [-0.15, -0.1) is 0 Å². The Morgan fingerprint density at radius 3 is 2.56 bits per heavy atom. The summed E-state index contributed by atoms with van der Waals surface area (Å²) in [6, 6.07) is 5.02. The van der Waals surface area contributed by atoms with Crippen LogP contribution in [0.2, 0.25) is 0 Å². The smallest absolute Gasteiger partial charge is 0.311 e. The lowest BCUT2D eigenvalue weighted by atomic mass is 9.80. The largest absolute Gasteiger partial charge is 0.490 e. The molecule has 2 rings (SSSR count). The lowest BCUT2D eigenvalue weighted by Crippen LogP contribution is -2.46. The Bertz CT molecular complexity index is 639. The van der Waals surface area contributed by atoms with Crippen molar-refractivity contribution in [1.82, 2.24) is 5.32 Å². The summed E-state index contributed by atoms with van der Waals surface area (Å²) < 4.78 is 16.6. The molecule has 1 amide bonds. The SMILES string of the molecule is CCCCOc1ccc(C(=O)NCC2(C(=O)O)CCOCC2)cc1OCC. The Morgan fingerprint density at radius 2 is 1.93 bits per heavy atom. The number of ether oxygens (including phenoxy) is 3. The average Bonchev–Trinajstić information content (AvgIpc) is 2.68. The molecule has 0 spiro atoms. The van der Waals surface area contributed by atoms with Gasteiger partial charge < -0.3 is 24.6 Å². The molecule has 150 valence electrons. The van der Waals surface area contributed by atoms with E-state index in [1.165, 1.54) is 0 Å². The first-order valence-electron chi connectivity index (χ1n) is 9.51. The normalized spacial score (nSPS) is 15.8. The van der Waals surface area contributed by atoms with Crippen molar-refractivity contribution in [3.05, 3.63) is 23.8 Å². The van der Waals surface area contributed by atoms with E-state index in [0.717, 1.165) is 12.8 Å². The molecule has 1 saturated heterocycles. The van der Waals surface area contributed by atoms with Gasteiger partial charge in [-0.1, -0.05) is 13.3 Å². The van der Waals surface area contributed by atoms with Gasteiger partial charge >= 0.3 is 5.97 Å². The maximum atomic E-state index is 12.5. The van der Waals surface area contributed by atoms with E-state index < -0.39 is 11.4 Å². The first-order valence-corrected chi connectivity index (χ1v) is 9.51. The first-order chi connectivity index (χ1) is 13.0. The minimum absolute atomic E-state index is 0.0727. The van der Waals surface area contributed by atoms with Crippen LogP contribution in [0.15, 0.2) is 18.2 Å². The van der Waals surface area contributed by atoms with Crippen LogP contribution in [0.1, 0.15) is 49.9 Å². The molecular weight excluding hydrogens is 350 g/mol. The lowest BCUT2D eigenvalue weighted by molar-refractivity contribution is -0.154. The summed E-state index contributed by atoms with van der Waals surface area (Å²) >= 11 is 0. The number of unbranched alkanes of at least 4 members (excludes halogenated alkanes) is 1. The van der Waals surface area contributed by atoms with E-state index in [1.54, 1.807) is 18.2 Å². The number of aliphatic carboxylic acids is 1. The molecule has 1 aliphatic rings. The van der Waals surface area contributed by atoms with Crippen LogP contribution in [0.25, 0.3) is 0 Å². The van der Waals surface area contributed by atoms with E-state index in [2.05, 4.69) is 12.2 Å². The Morgan fingerprint density at radius 1 is 1.19 bits per heavy atom. The molecule has 0 saturated carbocycles. The highest BCUT2D eigenvalue weighted by Gasteiger charge is 2.40. The maximum Gasteiger partial charge on any atom is 0.311 e. The molecule has 1 aromatic carbocycles. The molecule has 0 unspecified atom stereocenters. The second-order valence-electron chi connectivity index (χ2n) is 6.68. The van der Waals surface area contributed by atoms with Gasteiger partial charge in [0, 0.05) is 25.3 Å². The maximum absolute atomic E-state index is 12.5. The van der Waals surface area contributed by atoms with E-state index in [9.17, 15) is 14.7 Å². The molecule has 1 aromatic rings. The van der Waals surface area contributed by atoms with Gasteiger partial charge in [-0.25, -0.2) is 0 Å². The molecule has 0 bridgehead atoms. The van der Waals surface area contributed by atoms with E-state index in [1.807, 2.05) is 6.92 Å². The van der Waals surface area contributed by atoms with Gasteiger partial charge in [0.2, 0.25) is 0 Å². The Balaban J connectivity index is 2.06. The van der Waals surface area contributed by atoms with Crippen molar-refractivity contribution in [3.8, 4) is 11.5 Å². The monoisotopic (exact) mass is 379 g/mol. The van der Waals surface area contributed by atoms with Crippen LogP contribution >= 0.6 is 0 Å². The van der Waals surface area contributed by atoms with Gasteiger partial charge in [0.05, 0.1) is 18.6 Å². The standard InChI is InChI=1S/C20H29NO6/c1-3-5-10-27-16-7-6-15(13-17(16)26-4-2)18(22)21-14-20(19(23)24)8-11-25-12-9-20/h6-7,13H,3-5,8-12,14H2,1-2H3,(H,21,22)(H,23,24). The molecule has 2 N–H and O–H groups in total. The van der Waals surface area contributed by atoms with E-state index in [0.29, 0.717) is 56.3 Å². The highest BCUT2D eigenvalue weighted by Crippen LogP contribution is 2.31. The summed E-state index contributed by atoms with van der Waals surface area (Å²) in [5.74, 6) is -0.113. The van der Waals surface area contributed by atoms with Crippen LogP contribution in [0.4, 0.5) is 0 Å². The average molecular weight is 379 g/mol. The fourth-order valence-electron chi connectivity index (χ4n) is 2.94. The number of amides is 1. The molecule has 1 heterocycles. The fraction of sp³-hybridized carbons (Fsp3) is 0.600. The minimum atomic E-state index is -0.972. The van der Waals surface area contributed by atoms with Crippen LogP contribution in [0.5, 0.6) is 11.5 Å². The number of carboxylic acids is 1. The molecule has 1 fully saturated rings. The highest BCUT2D eigenvalue weighted by molar-refractivity contribution is 5.95. The number of carbonyl (C=O) groups is 2. The number of rotatable bonds is 10. The summed E-state index contributed by atoms with van der Waals surface area (Å²) in [6.45, 7) is 5.85. The van der Waals surface area contributed by atoms with Gasteiger partial charge in [-0.2, -0.15) is 0 Å². The fourth-order valence-corrected chi connectivity index (χ4v) is 2.94. The second-order valence-corrected chi connectivity index (χ2v) is 6.68. The van der Waals surface area contributed by atoms with Crippen LogP contribution < -0.4 is 14.8 Å². The summed E-state index contributed by atoms with van der Waals surface area (Å²) in [5.41, 5.74) is -0.561. The van der Waals surface area contributed by atoms with Crippen molar-refractivity contribution >= 4 is 11.9 Å². The van der Waals surface area contributed by atoms with Crippen molar-refractivity contribution in [2.24, 2.45) is 5.41 Å². The number of hydrogen-bond acceptors (Lipinski definition) is 5. The van der Waals surface area contributed by atoms with Crippen molar-refractivity contribution in [2.45, 2.75) is 39.5 Å². The Labute approximate surface area is 160 Å². The Hall–Kier alpha value is -2.28. The van der Waals surface area contributed by atoms with Gasteiger partial charge in [0.15, 0.2) is 11.5 Å². The predicted molar refractivity (Wildman–Crippen MR) is 100 cm³/mol. The molecule has 0 aliphatic carbocycles. The van der Waals surface area contributed by atoms with Gasteiger partial charge in [0.25, 0.3) is 5.91 Å². The minimum Gasteiger partial charge on any atom is -0.490 e. The zero-order chi connectivity index (χ0) is 19.7. The lowest BCUT2D eigenvalue weighted by Gasteiger charge is -2.33. The van der Waals surface area contributed by atoms with E-state index in [4.69, 9.17) is 14.2 Å². The third kappa shape index (κ3) is 5.60. The molecule has 7 nitrogen and oxygen atoms in total. The zero-order valence-corrected chi connectivity index (χ0v) is 16.1. The van der Waals surface area contributed by atoms with E-state index >= 15 is 0 Å². The first kappa shape index (κ1) is 21.0. The third-order valence-corrected chi connectivity index (χ3v) is 4.75. The number of carboxylic acid groups (broad SMARTS) is 1. The molecule has 0 atom stereocenters. The molecule has 1 aliphatic heterocycles. The van der Waals surface area contributed by atoms with Crippen molar-refractivity contribution in [3.63, 3.8) is 0 Å². The van der Waals surface area contributed by atoms with E-state index in [-0.39, 0.29) is 12.5 Å². The summed E-state index contributed by atoms with van der Waals surface area (Å²) in [5, 5.41) is 12.3. The van der Waals surface area contributed by atoms with Crippen LogP contribution in [0, 0.1) is 5.41 Å². The molecule has 7 heteroatoms. The second kappa shape index (κ2) is 10.2. The number of benzene rings is 1. The van der Waals surface area contributed by atoms with Gasteiger partial charge in [-0.3, -0.25) is 9.59 Å². The highest BCUT2D eigenvalue weighted by atomic mass is 16.5. The quantitative estimate of drug-likeness (QED) is 0.607. The summed E-state index contributed by atoms with van der Waals surface area (Å²) in [7, 11) is 0. The van der Waals surface area contributed by atoms with Gasteiger partial charge in [0.1, 0.15) is 0 Å². The topological polar surface area (TPSA) is 94.1 Å².